The third-order valence-electron chi connectivity index (χ3n) is 7.84. The van der Waals surface area contributed by atoms with Crippen molar-refractivity contribution in [3.05, 3.63) is 23.8 Å². The first kappa shape index (κ1) is 19.6. The summed E-state index contributed by atoms with van der Waals surface area (Å²) in [6.07, 6.45) is 4.46. The Morgan fingerprint density at radius 2 is 2.18 bits per heavy atom. The molecule has 1 aromatic carbocycles. The van der Waals surface area contributed by atoms with Crippen molar-refractivity contribution in [2.24, 2.45) is 22.7 Å². The maximum absolute atomic E-state index is 12.5. The molecule has 154 valence electrons. The van der Waals surface area contributed by atoms with Gasteiger partial charge >= 0.3 is 0 Å². The number of benzene rings is 1. The van der Waals surface area contributed by atoms with Gasteiger partial charge in [-0.1, -0.05) is 32.9 Å². The maximum Gasteiger partial charge on any atom is 0.220 e. The zero-order valence-electron chi connectivity index (χ0n) is 17.5. The van der Waals surface area contributed by atoms with Crippen LogP contribution in [-0.4, -0.2) is 30.8 Å². The predicted molar refractivity (Wildman–Crippen MR) is 107 cm³/mol. The summed E-state index contributed by atoms with van der Waals surface area (Å²) >= 11 is 0. The number of phenols is 1. The van der Waals surface area contributed by atoms with Gasteiger partial charge in [-0.05, 0) is 54.4 Å². The molecule has 5 atom stereocenters. The smallest absolute Gasteiger partial charge is 0.220 e. The van der Waals surface area contributed by atoms with E-state index < -0.39 is 0 Å². The molecule has 2 saturated carbocycles. The molecular weight excluding hydrogens is 354 g/mol. The lowest BCUT2D eigenvalue weighted by Crippen LogP contribution is -2.58. The second-order valence-electron chi connectivity index (χ2n) is 9.49. The van der Waals surface area contributed by atoms with E-state index in [2.05, 4.69) is 19.2 Å². The molecule has 2 aliphatic carbocycles. The normalized spacial score (nSPS) is 35.4. The lowest BCUT2D eigenvalue weighted by atomic mass is 9.58. The number of ether oxygens (including phenoxy) is 2. The summed E-state index contributed by atoms with van der Waals surface area (Å²) in [7, 11) is 1.57. The Balaban J connectivity index is 1.69. The molecule has 0 radical (unpaired) electrons. The topological polar surface area (TPSA) is 67.8 Å². The van der Waals surface area contributed by atoms with Crippen LogP contribution in [0.25, 0.3) is 0 Å². The number of carbonyl (C=O) groups is 1. The number of phenolic OH excluding ortho intramolecular Hbond substituents is 1. The first-order chi connectivity index (χ1) is 13.3. The first-order valence-electron chi connectivity index (χ1n) is 10.6. The Morgan fingerprint density at radius 1 is 1.39 bits per heavy atom. The Hall–Kier alpha value is -1.75. The van der Waals surface area contributed by atoms with Gasteiger partial charge in [-0.25, -0.2) is 0 Å². The van der Waals surface area contributed by atoms with Gasteiger partial charge in [-0.15, -0.1) is 0 Å². The number of para-hydroxylation sites is 1. The largest absolute Gasteiger partial charge is 0.504 e. The molecule has 2 N–H and O–H groups in total. The molecule has 0 aromatic heterocycles. The van der Waals surface area contributed by atoms with Crippen LogP contribution in [0.5, 0.6) is 11.5 Å². The third-order valence-corrected chi connectivity index (χ3v) is 7.84. The summed E-state index contributed by atoms with van der Waals surface area (Å²) in [5.41, 5.74) is 0.932. The lowest BCUT2D eigenvalue weighted by molar-refractivity contribution is -0.137. The van der Waals surface area contributed by atoms with E-state index in [1.165, 1.54) is 0 Å². The summed E-state index contributed by atoms with van der Waals surface area (Å²) in [4.78, 5) is 12.5. The van der Waals surface area contributed by atoms with E-state index in [0.717, 1.165) is 31.2 Å². The lowest BCUT2D eigenvalue weighted by Gasteiger charge is -2.53. The summed E-state index contributed by atoms with van der Waals surface area (Å²) in [6, 6.07) is 5.79. The molecule has 5 heteroatoms. The van der Waals surface area contributed by atoms with E-state index in [1.807, 2.05) is 19.1 Å². The van der Waals surface area contributed by atoms with Crippen LogP contribution in [0.1, 0.15) is 64.5 Å². The minimum atomic E-state index is -0.157. The van der Waals surface area contributed by atoms with E-state index >= 15 is 0 Å². The van der Waals surface area contributed by atoms with Crippen LogP contribution < -0.4 is 10.1 Å². The van der Waals surface area contributed by atoms with Gasteiger partial charge < -0.3 is 19.9 Å². The first-order valence-corrected chi connectivity index (χ1v) is 10.6. The zero-order chi connectivity index (χ0) is 20.1. The molecule has 1 heterocycles. The van der Waals surface area contributed by atoms with Gasteiger partial charge in [0.25, 0.3) is 0 Å². The van der Waals surface area contributed by atoms with E-state index in [1.54, 1.807) is 13.2 Å². The van der Waals surface area contributed by atoms with Crippen molar-refractivity contribution in [2.75, 3.05) is 13.7 Å². The van der Waals surface area contributed by atoms with Crippen molar-refractivity contribution < 1.29 is 19.4 Å². The molecule has 28 heavy (non-hydrogen) atoms. The van der Waals surface area contributed by atoms with Crippen LogP contribution in [0.15, 0.2) is 18.2 Å². The quantitative estimate of drug-likeness (QED) is 0.795. The molecule has 1 unspecified atom stereocenters. The zero-order valence-corrected chi connectivity index (χ0v) is 17.5. The molecule has 2 bridgehead atoms. The average Bonchev–Trinajstić information content (AvgIpc) is 3.15. The Bertz CT molecular complexity index is 761. The van der Waals surface area contributed by atoms with Crippen molar-refractivity contribution in [1.29, 1.82) is 0 Å². The Kier molecular flexibility index (Phi) is 4.85. The minimum absolute atomic E-state index is 0.0377. The van der Waals surface area contributed by atoms with Crippen LogP contribution in [0.4, 0.5) is 0 Å². The SMILES string of the molecule is CCCC(=O)N[C@H]1C(C)(C)[C@@H]2C[C@@H]3[C@@H](c4cccc(OC)c4O)OCCC31C2. The number of methoxy groups -OCH3 is 1. The number of hydrogen-bond acceptors (Lipinski definition) is 4. The summed E-state index contributed by atoms with van der Waals surface area (Å²) < 4.78 is 11.6. The van der Waals surface area contributed by atoms with Gasteiger partial charge in [-0.3, -0.25) is 4.79 Å². The van der Waals surface area contributed by atoms with Crippen LogP contribution in [0.3, 0.4) is 0 Å². The van der Waals surface area contributed by atoms with E-state index in [4.69, 9.17) is 9.47 Å². The fourth-order valence-electron chi connectivity index (χ4n) is 6.49. The van der Waals surface area contributed by atoms with E-state index in [-0.39, 0.29) is 34.6 Å². The molecule has 1 aliphatic heterocycles. The number of hydrogen-bond donors (Lipinski definition) is 2. The summed E-state index contributed by atoms with van der Waals surface area (Å²) in [5, 5.41) is 14.2. The molecule has 1 aromatic rings. The fourth-order valence-corrected chi connectivity index (χ4v) is 6.49. The van der Waals surface area contributed by atoms with E-state index in [0.29, 0.717) is 30.6 Å². The van der Waals surface area contributed by atoms with Crippen molar-refractivity contribution in [2.45, 2.75) is 65.0 Å². The second-order valence-corrected chi connectivity index (χ2v) is 9.49. The molecule has 1 spiro atoms. The Morgan fingerprint density at radius 3 is 2.89 bits per heavy atom. The third kappa shape index (κ3) is 2.73. The molecule has 5 nitrogen and oxygen atoms in total. The predicted octanol–water partition coefficient (Wildman–Crippen LogP) is 4.20. The van der Waals surface area contributed by atoms with Crippen molar-refractivity contribution in [3.63, 3.8) is 0 Å². The fraction of sp³-hybridized carbons (Fsp3) is 0.696. The Labute approximate surface area is 167 Å². The summed E-state index contributed by atoms with van der Waals surface area (Å²) in [6.45, 7) is 7.32. The number of aromatic hydroxyl groups is 1. The highest BCUT2D eigenvalue weighted by atomic mass is 16.5. The number of fused-ring (bicyclic) bond motifs is 1. The van der Waals surface area contributed by atoms with Gasteiger partial charge in [0.1, 0.15) is 0 Å². The monoisotopic (exact) mass is 387 g/mol. The van der Waals surface area contributed by atoms with Crippen LogP contribution in [0.2, 0.25) is 0 Å². The standard InChI is InChI=1S/C23H33NO4/c1-5-7-18(25)24-21-22(2,3)14-12-16-20(28-11-10-23(16,21)13-14)15-8-6-9-17(27-4)19(15)26/h6,8-9,14,16,20-21,26H,5,7,10-13H2,1-4H3,(H,24,25)/t14-,16-,20-,21+,23?/m1/s1. The summed E-state index contributed by atoms with van der Waals surface area (Å²) in [5.74, 6) is 1.68. The highest BCUT2D eigenvalue weighted by Crippen LogP contribution is 2.70. The van der Waals surface area contributed by atoms with Crippen LogP contribution >= 0.6 is 0 Å². The number of nitrogens with one attached hydrogen (secondary N) is 1. The molecule has 1 saturated heterocycles. The number of carbonyl (C=O) groups excluding carboxylic acids is 1. The second kappa shape index (κ2) is 6.94. The van der Waals surface area contributed by atoms with Crippen LogP contribution in [0, 0.1) is 22.7 Å². The molecule has 3 fully saturated rings. The van der Waals surface area contributed by atoms with Gasteiger partial charge in [0.05, 0.1) is 13.2 Å². The van der Waals surface area contributed by atoms with Crippen molar-refractivity contribution >= 4 is 5.91 Å². The molecule has 3 aliphatic rings. The number of rotatable bonds is 5. The molecular formula is C23H33NO4. The maximum atomic E-state index is 12.5. The van der Waals surface area contributed by atoms with Gasteiger partial charge in [-0.2, -0.15) is 0 Å². The van der Waals surface area contributed by atoms with Gasteiger partial charge in [0, 0.05) is 24.6 Å². The van der Waals surface area contributed by atoms with Gasteiger partial charge in [0.2, 0.25) is 5.91 Å². The number of amides is 1. The van der Waals surface area contributed by atoms with E-state index in [9.17, 15) is 9.90 Å². The van der Waals surface area contributed by atoms with Gasteiger partial charge in [0.15, 0.2) is 11.5 Å². The van der Waals surface area contributed by atoms with Crippen molar-refractivity contribution in [3.8, 4) is 11.5 Å². The van der Waals surface area contributed by atoms with Crippen molar-refractivity contribution in [1.82, 2.24) is 5.32 Å². The molecule has 1 amide bonds. The van der Waals surface area contributed by atoms with Crippen LogP contribution in [-0.2, 0) is 9.53 Å². The highest BCUT2D eigenvalue weighted by Gasteiger charge is 2.68. The molecule has 4 rings (SSSR count). The highest BCUT2D eigenvalue weighted by molar-refractivity contribution is 5.76. The average molecular weight is 388 g/mol. The minimum Gasteiger partial charge on any atom is -0.504 e.